The van der Waals surface area contributed by atoms with E-state index < -0.39 is 20.8 Å². The van der Waals surface area contributed by atoms with Crippen molar-refractivity contribution in [3.8, 4) is 0 Å². The van der Waals surface area contributed by atoms with Crippen LogP contribution in [0.2, 0.25) is 0 Å². The van der Waals surface area contributed by atoms with E-state index >= 15 is 0 Å². The summed E-state index contributed by atoms with van der Waals surface area (Å²) in [6.45, 7) is -0.250. The smallest absolute Gasteiger partial charge is 0.725 e. The topological polar surface area (TPSA) is 164 Å². The van der Waals surface area contributed by atoms with Crippen molar-refractivity contribution in [3.63, 3.8) is 0 Å². The van der Waals surface area contributed by atoms with E-state index in [0.29, 0.717) is 0 Å². The molecule has 0 bridgehead atoms. The van der Waals surface area contributed by atoms with Crippen molar-refractivity contribution in [3.05, 3.63) is 0 Å². The summed E-state index contributed by atoms with van der Waals surface area (Å²) in [7, 11) is -10.9. The molecule has 2 N–H and O–H groups in total. The second-order valence-corrected chi connectivity index (χ2v) is 3.51. The SMILES string of the molecule is O=S(=O)([O-])OS(=O)(=O)[O-].OCCO.[Na+].[Na+]. The Kier molecular flexibility index (Phi) is 20.7. The number of hydrogen-bond donors (Lipinski definition) is 2. The van der Waals surface area contributed by atoms with Crippen LogP contribution >= 0.6 is 0 Å². The zero-order valence-corrected chi connectivity index (χ0v) is 13.6. The summed E-state index contributed by atoms with van der Waals surface area (Å²) in [5.41, 5.74) is 0. The number of hydrogen-bond acceptors (Lipinski definition) is 9. The van der Waals surface area contributed by atoms with Crippen LogP contribution in [0.1, 0.15) is 0 Å². The first-order valence-electron chi connectivity index (χ1n) is 2.47. The van der Waals surface area contributed by atoms with Crippen molar-refractivity contribution >= 4 is 20.8 Å². The molecule has 0 rings (SSSR count). The molecular weight excluding hydrogens is 278 g/mol. The molecule has 0 heterocycles. The molecule has 15 heavy (non-hydrogen) atoms. The molecule has 82 valence electrons. The maximum Gasteiger partial charge on any atom is 1.00 e. The first kappa shape index (κ1) is 25.5. The van der Waals surface area contributed by atoms with Crippen LogP contribution in [0.15, 0.2) is 0 Å². The Labute approximate surface area is 131 Å². The first-order chi connectivity index (χ1) is 5.62. The van der Waals surface area contributed by atoms with E-state index in [4.69, 9.17) is 10.2 Å². The van der Waals surface area contributed by atoms with Gasteiger partial charge in [-0.15, -0.1) is 0 Å². The molecule has 0 aliphatic heterocycles. The predicted molar refractivity (Wildman–Crippen MR) is 34.7 cm³/mol. The Hall–Kier alpha value is 1.70. The summed E-state index contributed by atoms with van der Waals surface area (Å²) in [6, 6.07) is 0. The van der Waals surface area contributed by atoms with Gasteiger partial charge in [0, 0.05) is 0 Å². The zero-order valence-electron chi connectivity index (χ0n) is 7.98. The second kappa shape index (κ2) is 12.2. The minimum absolute atomic E-state index is 0. The third kappa shape index (κ3) is 38.9. The molecular formula is C2H6Na2O9S2. The molecule has 0 aromatic heterocycles. The summed E-state index contributed by atoms with van der Waals surface area (Å²) in [6.07, 6.45) is 0. The molecule has 0 aliphatic carbocycles. The molecule has 0 fully saturated rings. The molecule has 0 aliphatic rings. The molecule has 0 atom stereocenters. The van der Waals surface area contributed by atoms with Gasteiger partial charge in [-0.3, -0.25) is 0 Å². The van der Waals surface area contributed by atoms with E-state index in [9.17, 15) is 25.9 Å². The average molecular weight is 284 g/mol. The summed E-state index contributed by atoms with van der Waals surface area (Å²) in [4.78, 5) is 0. The molecule has 0 aromatic rings. The van der Waals surface area contributed by atoms with Gasteiger partial charge in [-0.05, 0) is 0 Å². The Balaban J connectivity index is -0.0000000883. The largest absolute Gasteiger partial charge is 1.00 e. The van der Waals surface area contributed by atoms with Crippen molar-refractivity contribution < 1.29 is 98.9 Å². The maximum atomic E-state index is 9.29. The van der Waals surface area contributed by atoms with Crippen molar-refractivity contribution in [2.45, 2.75) is 0 Å². The normalized spacial score (nSPS) is 10.1. The quantitative estimate of drug-likeness (QED) is 0.291. The van der Waals surface area contributed by atoms with Crippen molar-refractivity contribution in [2.75, 3.05) is 13.2 Å². The van der Waals surface area contributed by atoms with Gasteiger partial charge in [0.05, 0.1) is 13.2 Å². The molecule has 0 unspecified atom stereocenters. The zero-order chi connectivity index (χ0) is 11.1. The van der Waals surface area contributed by atoms with Crippen molar-refractivity contribution in [1.29, 1.82) is 0 Å². The first-order valence-corrected chi connectivity index (χ1v) is 5.13. The third-order valence-corrected chi connectivity index (χ3v) is 1.60. The van der Waals surface area contributed by atoms with Crippen LogP contribution in [-0.2, 0) is 24.4 Å². The van der Waals surface area contributed by atoms with Gasteiger partial charge in [0.25, 0.3) is 0 Å². The van der Waals surface area contributed by atoms with Crippen LogP contribution < -0.4 is 59.1 Å². The van der Waals surface area contributed by atoms with Gasteiger partial charge in [-0.2, -0.15) is 3.63 Å². The monoisotopic (exact) mass is 284 g/mol. The molecule has 13 heteroatoms. The maximum absolute atomic E-state index is 9.29. The molecule has 0 radical (unpaired) electrons. The van der Waals surface area contributed by atoms with E-state index in [1.165, 1.54) is 0 Å². The van der Waals surface area contributed by atoms with E-state index in [1.54, 1.807) is 0 Å². The Morgan fingerprint density at radius 2 is 1.07 bits per heavy atom. The summed E-state index contributed by atoms with van der Waals surface area (Å²) in [5, 5.41) is 15.2. The van der Waals surface area contributed by atoms with Crippen LogP contribution in [0, 0.1) is 0 Å². The molecule has 9 nitrogen and oxygen atoms in total. The Bertz CT molecular complexity index is 273. The number of rotatable bonds is 3. The predicted octanol–water partition coefficient (Wildman–Crippen LogP) is -9.10. The Morgan fingerprint density at radius 3 is 1.07 bits per heavy atom. The second-order valence-electron chi connectivity index (χ2n) is 1.33. The summed E-state index contributed by atoms with van der Waals surface area (Å²) < 4.78 is 58.2. The van der Waals surface area contributed by atoms with Gasteiger partial charge in [0.1, 0.15) is 0 Å². The fraction of sp³-hybridized carbons (Fsp3) is 1.00. The summed E-state index contributed by atoms with van der Waals surface area (Å²) >= 11 is 0. The van der Waals surface area contributed by atoms with Crippen LogP contribution in [0.25, 0.3) is 0 Å². The fourth-order valence-corrected chi connectivity index (χ4v) is 0.919. The van der Waals surface area contributed by atoms with Gasteiger partial charge in [-0.25, -0.2) is 16.8 Å². The standard InChI is InChI=1S/C2H6O2.2Na.H2O7S2/c3-1-2-4;;;1-8(2,3)7-9(4,5)6/h3-4H,1-2H2;;;(H,1,2,3)(H,4,5,6)/q;2*+1;/p-2. The van der Waals surface area contributed by atoms with Gasteiger partial charge < -0.3 is 19.3 Å². The van der Waals surface area contributed by atoms with Crippen LogP contribution in [0.3, 0.4) is 0 Å². The third-order valence-electron chi connectivity index (χ3n) is 0.267. The van der Waals surface area contributed by atoms with E-state index in [2.05, 4.69) is 3.63 Å². The number of aliphatic hydroxyl groups excluding tert-OH is 2. The molecule has 0 amide bonds. The van der Waals surface area contributed by atoms with E-state index in [0.717, 1.165) is 0 Å². The average Bonchev–Trinajstić information content (AvgIpc) is 1.80. The molecule has 0 spiro atoms. The van der Waals surface area contributed by atoms with Gasteiger partial charge in [0.2, 0.25) is 20.8 Å². The fourth-order valence-electron chi connectivity index (χ4n) is 0.102. The minimum Gasteiger partial charge on any atom is -0.725 e. The van der Waals surface area contributed by atoms with E-state index in [-0.39, 0.29) is 72.3 Å². The van der Waals surface area contributed by atoms with E-state index in [1.807, 2.05) is 0 Å². The van der Waals surface area contributed by atoms with Crippen LogP contribution in [0.5, 0.6) is 0 Å². The molecule has 0 saturated heterocycles. The minimum atomic E-state index is -5.43. The van der Waals surface area contributed by atoms with Gasteiger partial charge in [0.15, 0.2) is 0 Å². The summed E-state index contributed by atoms with van der Waals surface area (Å²) in [5.74, 6) is 0. The van der Waals surface area contributed by atoms with Gasteiger partial charge in [-0.1, -0.05) is 0 Å². The Morgan fingerprint density at radius 1 is 0.867 bits per heavy atom. The van der Waals surface area contributed by atoms with Gasteiger partial charge >= 0.3 is 59.1 Å². The van der Waals surface area contributed by atoms with Crippen molar-refractivity contribution in [1.82, 2.24) is 0 Å². The molecule has 0 saturated carbocycles. The number of aliphatic hydroxyl groups is 2. The van der Waals surface area contributed by atoms with Crippen LogP contribution in [0.4, 0.5) is 0 Å². The van der Waals surface area contributed by atoms with Crippen molar-refractivity contribution in [2.24, 2.45) is 0 Å². The molecule has 0 aromatic carbocycles. The van der Waals surface area contributed by atoms with Crippen LogP contribution in [-0.4, -0.2) is 49.4 Å².